The zero-order valence-corrected chi connectivity index (χ0v) is 23.0. The van der Waals surface area contributed by atoms with Gasteiger partial charge in [-0.2, -0.15) is 4.98 Å². The number of benzene rings is 2. The van der Waals surface area contributed by atoms with Gasteiger partial charge in [0, 0.05) is 61.4 Å². The molecule has 4 aliphatic rings. The van der Waals surface area contributed by atoms with Crippen molar-refractivity contribution in [3.05, 3.63) is 48.2 Å². The van der Waals surface area contributed by atoms with Crippen molar-refractivity contribution in [2.75, 3.05) is 37.7 Å². The van der Waals surface area contributed by atoms with Crippen LogP contribution in [0.2, 0.25) is 0 Å². The number of phenols is 1. The first-order chi connectivity index (χ1) is 20.3. The summed E-state index contributed by atoms with van der Waals surface area (Å²) in [6.07, 6.45) is 5.38. The van der Waals surface area contributed by atoms with Crippen molar-refractivity contribution in [3.8, 4) is 23.0 Å². The lowest BCUT2D eigenvalue weighted by Gasteiger charge is -2.35. The molecule has 0 aliphatic carbocycles. The summed E-state index contributed by atoms with van der Waals surface area (Å²) in [5.74, 6) is -1.65. The summed E-state index contributed by atoms with van der Waals surface area (Å²) in [7, 11) is 0. The van der Waals surface area contributed by atoms with Crippen LogP contribution in [0.4, 0.5) is 18.9 Å². The van der Waals surface area contributed by atoms with Crippen LogP contribution in [-0.2, 0) is 0 Å². The van der Waals surface area contributed by atoms with Gasteiger partial charge in [-0.05, 0) is 55.8 Å². The topological polar surface area (TPSA) is 86.6 Å². The fraction of sp³-hybridized carbons (Fsp3) is 0.452. The van der Waals surface area contributed by atoms with Gasteiger partial charge in [0.15, 0.2) is 23.1 Å². The molecular weight excluding hydrogens is 545 g/mol. The van der Waals surface area contributed by atoms with Crippen LogP contribution in [0.3, 0.4) is 0 Å². The maximum Gasteiger partial charge on any atom is 0.217 e. The summed E-state index contributed by atoms with van der Waals surface area (Å²) >= 11 is 0. The number of fused-ring (bicyclic) bond motifs is 5. The van der Waals surface area contributed by atoms with Crippen molar-refractivity contribution in [1.82, 2.24) is 25.2 Å². The molecule has 2 unspecified atom stereocenters. The minimum Gasteiger partial charge on any atom is -0.508 e. The molecule has 4 atom stereocenters. The van der Waals surface area contributed by atoms with Gasteiger partial charge in [-0.1, -0.05) is 6.07 Å². The standard InChI is InChI=1S/C31H31F3N6O2/c32-18-11-31(6-1-7-40(31)13-18)16-42-26-10-25(39-14-19-3-4-20(15-39)36-19)23-12-35-29(38-30(23)37-26)22-9-21(41)8-17-2-5-24(33)28(34)27(17)22/h2,5,8-10,12,18-20,36,41H,1,3-4,6-7,11,13-16H2/t18-,19?,20?,31+/m1/s1. The number of rotatable bonds is 5. The molecule has 2 bridgehead atoms. The van der Waals surface area contributed by atoms with E-state index in [4.69, 9.17) is 14.7 Å². The molecule has 11 heteroatoms. The molecule has 0 saturated carbocycles. The second-order valence-corrected chi connectivity index (χ2v) is 12.3. The highest BCUT2D eigenvalue weighted by Crippen LogP contribution is 2.41. The number of nitrogens with one attached hydrogen (secondary N) is 1. The van der Waals surface area contributed by atoms with E-state index < -0.39 is 17.8 Å². The van der Waals surface area contributed by atoms with E-state index in [0.717, 1.165) is 57.1 Å². The monoisotopic (exact) mass is 576 g/mol. The zero-order chi connectivity index (χ0) is 28.6. The Morgan fingerprint density at radius 2 is 1.90 bits per heavy atom. The average Bonchev–Trinajstić information content (AvgIpc) is 3.63. The number of hydrogen-bond donors (Lipinski definition) is 2. The maximum absolute atomic E-state index is 15.0. The Kier molecular flexibility index (Phi) is 5.98. The summed E-state index contributed by atoms with van der Waals surface area (Å²) < 4.78 is 50.0. The third-order valence-corrected chi connectivity index (χ3v) is 9.56. The number of pyridine rings is 1. The molecular formula is C31H31F3N6O2. The van der Waals surface area contributed by atoms with Gasteiger partial charge in [-0.3, -0.25) is 4.90 Å². The lowest BCUT2D eigenvalue weighted by Crippen LogP contribution is -2.51. The van der Waals surface area contributed by atoms with Crippen LogP contribution in [0.1, 0.15) is 32.1 Å². The summed E-state index contributed by atoms with van der Waals surface area (Å²) in [5, 5.41) is 15.1. The second-order valence-electron chi connectivity index (χ2n) is 12.3. The first kappa shape index (κ1) is 26.0. The maximum atomic E-state index is 15.0. The van der Waals surface area contributed by atoms with Crippen molar-refractivity contribution in [2.45, 2.75) is 55.9 Å². The number of halogens is 3. The van der Waals surface area contributed by atoms with Crippen LogP contribution in [0.5, 0.6) is 11.6 Å². The molecule has 4 aromatic rings. The van der Waals surface area contributed by atoms with E-state index in [1.807, 2.05) is 6.07 Å². The number of aromatic nitrogens is 3. The van der Waals surface area contributed by atoms with Gasteiger partial charge in [-0.15, -0.1) is 0 Å². The summed E-state index contributed by atoms with van der Waals surface area (Å²) in [6, 6.07) is 7.85. The predicted octanol–water partition coefficient (Wildman–Crippen LogP) is 4.72. The highest BCUT2D eigenvalue weighted by atomic mass is 19.2. The highest BCUT2D eigenvalue weighted by molar-refractivity contribution is 5.98. The van der Waals surface area contributed by atoms with Gasteiger partial charge in [0.1, 0.15) is 18.5 Å². The van der Waals surface area contributed by atoms with Crippen LogP contribution in [-0.4, -0.2) is 81.5 Å². The Labute approximate surface area is 240 Å². The number of phenolic OH excluding ortho intramolecular Hbond substituents is 1. The van der Waals surface area contributed by atoms with E-state index in [2.05, 4.69) is 20.1 Å². The number of nitrogens with zero attached hydrogens (tertiary/aromatic N) is 5. The number of piperazine rings is 1. The molecule has 218 valence electrons. The van der Waals surface area contributed by atoms with Gasteiger partial charge >= 0.3 is 0 Å². The third kappa shape index (κ3) is 4.24. The molecule has 8 rings (SSSR count). The Bertz CT molecular complexity index is 1710. The van der Waals surface area contributed by atoms with Gasteiger partial charge in [-0.25, -0.2) is 23.1 Å². The van der Waals surface area contributed by atoms with E-state index in [-0.39, 0.29) is 28.1 Å². The van der Waals surface area contributed by atoms with Crippen LogP contribution in [0, 0.1) is 11.6 Å². The van der Waals surface area contributed by atoms with Gasteiger partial charge in [0.25, 0.3) is 0 Å². The summed E-state index contributed by atoms with van der Waals surface area (Å²) in [6.45, 7) is 3.28. The van der Waals surface area contributed by atoms with Crippen molar-refractivity contribution in [3.63, 3.8) is 0 Å². The normalized spacial score (nSPS) is 27.3. The fourth-order valence-corrected chi connectivity index (χ4v) is 7.64. The average molecular weight is 577 g/mol. The molecule has 4 fully saturated rings. The lowest BCUT2D eigenvalue weighted by molar-refractivity contribution is 0.111. The molecule has 0 radical (unpaired) electrons. The molecule has 2 aromatic heterocycles. The summed E-state index contributed by atoms with van der Waals surface area (Å²) in [4.78, 5) is 18.5. The van der Waals surface area contributed by atoms with Crippen LogP contribution in [0.15, 0.2) is 36.5 Å². The van der Waals surface area contributed by atoms with Crippen molar-refractivity contribution < 1.29 is 23.0 Å². The molecule has 0 amide bonds. The molecule has 42 heavy (non-hydrogen) atoms. The van der Waals surface area contributed by atoms with Gasteiger partial charge in [0.05, 0.1) is 16.6 Å². The largest absolute Gasteiger partial charge is 0.508 e. The van der Waals surface area contributed by atoms with Crippen molar-refractivity contribution in [1.29, 1.82) is 0 Å². The molecule has 0 spiro atoms. The Morgan fingerprint density at radius 1 is 1.07 bits per heavy atom. The second kappa shape index (κ2) is 9.67. The fourth-order valence-electron chi connectivity index (χ4n) is 7.64. The molecule has 2 N–H and O–H groups in total. The van der Waals surface area contributed by atoms with Crippen LogP contribution >= 0.6 is 0 Å². The van der Waals surface area contributed by atoms with Crippen molar-refractivity contribution in [2.24, 2.45) is 0 Å². The van der Waals surface area contributed by atoms with E-state index in [0.29, 0.717) is 54.0 Å². The minimum absolute atomic E-state index is 0.0131. The number of alkyl halides is 1. The molecule has 6 heterocycles. The van der Waals surface area contributed by atoms with Gasteiger partial charge in [0.2, 0.25) is 5.88 Å². The third-order valence-electron chi connectivity index (χ3n) is 9.56. The Balaban J connectivity index is 1.23. The number of hydrogen-bond acceptors (Lipinski definition) is 8. The number of anilines is 1. The Morgan fingerprint density at radius 3 is 2.74 bits per heavy atom. The Hall–Kier alpha value is -3.70. The quantitative estimate of drug-likeness (QED) is 0.353. The number of ether oxygens (including phenoxy) is 1. The first-order valence-corrected chi connectivity index (χ1v) is 14.7. The van der Waals surface area contributed by atoms with E-state index >= 15 is 4.39 Å². The van der Waals surface area contributed by atoms with E-state index in [9.17, 15) is 13.9 Å². The molecule has 4 aliphatic heterocycles. The van der Waals surface area contributed by atoms with Crippen LogP contribution in [0.25, 0.3) is 33.2 Å². The molecule has 2 aromatic carbocycles. The smallest absolute Gasteiger partial charge is 0.217 e. The van der Waals surface area contributed by atoms with E-state index in [1.54, 1.807) is 6.20 Å². The summed E-state index contributed by atoms with van der Waals surface area (Å²) in [5.41, 5.74) is 1.08. The molecule has 8 nitrogen and oxygen atoms in total. The zero-order valence-electron chi connectivity index (χ0n) is 23.0. The van der Waals surface area contributed by atoms with Gasteiger partial charge < -0.3 is 20.1 Å². The molecule has 4 saturated heterocycles. The minimum atomic E-state index is -1.03. The van der Waals surface area contributed by atoms with Crippen LogP contribution < -0.4 is 15.0 Å². The predicted molar refractivity (Wildman–Crippen MR) is 153 cm³/mol. The van der Waals surface area contributed by atoms with Crippen molar-refractivity contribution >= 4 is 27.5 Å². The first-order valence-electron chi connectivity index (χ1n) is 14.7. The van der Waals surface area contributed by atoms with E-state index in [1.165, 1.54) is 18.2 Å². The highest BCUT2D eigenvalue weighted by Gasteiger charge is 2.49. The lowest BCUT2D eigenvalue weighted by atomic mass is 9.95. The SMILES string of the molecule is Oc1cc(-c2ncc3c(N4CC5CCC(C4)N5)cc(OC[C@@]45CCCN4C[C@H](F)C5)nc3n2)c2c(F)c(F)ccc2c1. The number of aromatic hydroxyl groups is 1.